The first-order chi connectivity index (χ1) is 10.5. The minimum absolute atomic E-state index is 0.00441. The third-order valence-corrected chi connectivity index (χ3v) is 2.64. The van der Waals surface area contributed by atoms with Crippen molar-refractivity contribution in [3.63, 3.8) is 0 Å². The van der Waals surface area contributed by atoms with Gasteiger partial charge in [0.2, 0.25) is 5.95 Å². The number of phenols is 1. The Morgan fingerprint density at radius 1 is 1.00 bits per heavy atom. The van der Waals surface area contributed by atoms with E-state index >= 15 is 0 Å². The molecule has 2 rings (SSSR count). The van der Waals surface area contributed by atoms with Crippen LogP contribution in [-0.4, -0.2) is 20.6 Å². The van der Waals surface area contributed by atoms with Gasteiger partial charge in [-0.05, 0) is 45.0 Å². The van der Waals surface area contributed by atoms with Crippen molar-refractivity contribution in [2.75, 3.05) is 10.6 Å². The van der Waals surface area contributed by atoms with E-state index < -0.39 is 17.4 Å². The van der Waals surface area contributed by atoms with E-state index in [9.17, 15) is 18.3 Å². The van der Waals surface area contributed by atoms with Crippen LogP contribution in [0.25, 0.3) is 0 Å². The molecule has 0 saturated carbocycles. The fraction of sp³-hybridized carbons (Fsp3) is 0.333. The van der Waals surface area contributed by atoms with Crippen molar-refractivity contribution in [1.29, 1.82) is 0 Å². The third-order valence-electron chi connectivity index (χ3n) is 2.64. The molecule has 0 unspecified atom stereocenters. The second-order valence-electron chi connectivity index (χ2n) is 6.01. The van der Waals surface area contributed by atoms with Crippen LogP contribution in [-0.2, 0) is 6.18 Å². The van der Waals surface area contributed by atoms with Gasteiger partial charge in [-0.3, -0.25) is 0 Å². The van der Waals surface area contributed by atoms with Crippen LogP contribution < -0.4 is 10.6 Å². The Balaban J connectivity index is 2.37. The minimum Gasteiger partial charge on any atom is -0.508 e. The highest BCUT2D eigenvalue weighted by Crippen LogP contribution is 2.31. The Kier molecular flexibility index (Phi) is 4.35. The summed E-state index contributed by atoms with van der Waals surface area (Å²) < 4.78 is 39.0. The van der Waals surface area contributed by atoms with Gasteiger partial charge in [-0.25, -0.2) is 4.98 Å². The Hall–Kier alpha value is -2.51. The number of rotatable bonds is 3. The average molecular weight is 326 g/mol. The molecule has 1 aromatic heterocycles. The SMILES string of the molecule is CC(C)(C)Nc1nc(Nc2ccc(O)cc2)cc(C(F)(F)F)n1. The molecule has 3 N–H and O–H groups in total. The molecule has 0 saturated heterocycles. The van der Waals surface area contributed by atoms with E-state index in [4.69, 9.17) is 0 Å². The zero-order valence-corrected chi connectivity index (χ0v) is 12.9. The second-order valence-corrected chi connectivity index (χ2v) is 6.01. The molecule has 0 radical (unpaired) electrons. The lowest BCUT2D eigenvalue weighted by atomic mass is 10.1. The van der Waals surface area contributed by atoms with Gasteiger partial charge in [0, 0.05) is 17.3 Å². The first kappa shape index (κ1) is 16.9. The summed E-state index contributed by atoms with van der Waals surface area (Å²) in [5.74, 6) is -0.0531. The topological polar surface area (TPSA) is 70.1 Å². The Morgan fingerprint density at radius 3 is 2.13 bits per heavy atom. The van der Waals surface area contributed by atoms with Crippen LogP contribution in [0, 0.1) is 0 Å². The molecule has 124 valence electrons. The number of anilines is 3. The van der Waals surface area contributed by atoms with Crippen molar-refractivity contribution < 1.29 is 18.3 Å². The van der Waals surface area contributed by atoms with Gasteiger partial charge in [0.05, 0.1) is 0 Å². The minimum atomic E-state index is -4.58. The van der Waals surface area contributed by atoms with Gasteiger partial charge in [-0.15, -0.1) is 0 Å². The lowest BCUT2D eigenvalue weighted by Crippen LogP contribution is -2.28. The van der Waals surface area contributed by atoms with E-state index in [1.165, 1.54) is 24.3 Å². The third kappa shape index (κ3) is 5.01. The maximum absolute atomic E-state index is 13.0. The van der Waals surface area contributed by atoms with Gasteiger partial charge < -0.3 is 15.7 Å². The standard InChI is InChI=1S/C15H17F3N4O/c1-14(2,3)22-13-20-11(15(16,17)18)8-12(21-13)19-9-4-6-10(23)7-5-9/h4-8,23H,1-3H3,(H2,19,20,21,22). The number of nitrogens with one attached hydrogen (secondary N) is 2. The predicted octanol–water partition coefficient (Wildman–Crippen LogP) is 4.16. The van der Waals surface area contributed by atoms with Crippen LogP contribution in [0.1, 0.15) is 26.5 Å². The molecule has 1 heterocycles. The lowest BCUT2D eigenvalue weighted by molar-refractivity contribution is -0.141. The molecule has 0 atom stereocenters. The van der Waals surface area contributed by atoms with Crippen LogP contribution in [0.15, 0.2) is 30.3 Å². The summed E-state index contributed by atoms with van der Waals surface area (Å²) in [5, 5.41) is 14.8. The average Bonchev–Trinajstić information content (AvgIpc) is 2.38. The van der Waals surface area contributed by atoms with Crippen molar-refractivity contribution in [1.82, 2.24) is 9.97 Å². The van der Waals surface area contributed by atoms with Gasteiger partial charge in [0.15, 0.2) is 5.69 Å². The number of benzene rings is 1. The molecule has 8 heteroatoms. The summed E-state index contributed by atoms with van der Waals surface area (Å²) in [4.78, 5) is 7.57. The van der Waals surface area contributed by atoms with E-state index in [1.54, 1.807) is 20.8 Å². The van der Waals surface area contributed by atoms with E-state index in [2.05, 4.69) is 20.6 Å². The molecule has 0 aliphatic heterocycles. The zero-order chi connectivity index (χ0) is 17.3. The van der Waals surface area contributed by atoms with Gasteiger partial charge in [0.25, 0.3) is 0 Å². The van der Waals surface area contributed by atoms with Crippen LogP contribution in [0.5, 0.6) is 5.75 Å². The molecule has 1 aromatic carbocycles. The fourth-order valence-electron chi connectivity index (χ4n) is 1.74. The fourth-order valence-corrected chi connectivity index (χ4v) is 1.74. The van der Waals surface area contributed by atoms with Gasteiger partial charge in [-0.1, -0.05) is 0 Å². The second kappa shape index (κ2) is 5.94. The molecule has 0 amide bonds. The largest absolute Gasteiger partial charge is 0.508 e. The number of phenolic OH excluding ortho intramolecular Hbond substituents is 1. The maximum atomic E-state index is 13.0. The highest BCUT2D eigenvalue weighted by molar-refractivity contribution is 5.58. The van der Waals surface area contributed by atoms with Crippen LogP contribution in [0.2, 0.25) is 0 Å². The van der Waals surface area contributed by atoms with Gasteiger partial charge in [0.1, 0.15) is 11.6 Å². The summed E-state index contributed by atoms with van der Waals surface area (Å²) in [6.07, 6.45) is -4.58. The highest BCUT2D eigenvalue weighted by atomic mass is 19.4. The number of nitrogens with zero attached hydrogens (tertiary/aromatic N) is 2. The van der Waals surface area contributed by atoms with Crippen molar-refractivity contribution in [3.8, 4) is 5.75 Å². The van der Waals surface area contributed by atoms with Crippen molar-refractivity contribution in [3.05, 3.63) is 36.0 Å². The summed E-state index contributed by atoms with van der Waals surface area (Å²) in [6.45, 7) is 5.39. The van der Waals surface area contributed by atoms with Gasteiger partial charge >= 0.3 is 6.18 Å². The normalized spacial score (nSPS) is 12.1. The summed E-state index contributed by atoms with van der Waals surface area (Å²) in [7, 11) is 0. The zero-order valence-electron chi connectivity index (χ0n) is 12.9. The molecule has 2 aromatic rings. The monoisotopic (exact) mass is 326 g/mol. The molecule has 23 heavy (non-hydrogen) atoms. The number of aromatic nitrogens is 2. The summed E-state index contributed by atoms with van der Waals surface area (Å²) in [6, 6.07) is 6.73. The highest BCUT2D eigenvalue weighted by Gasteiger charge is 2.34. The van der Waals surface area contributed by atoms with E-state index in [0.717, 1.165) is 6.07 Å². The molecular weight excluding hydrogens is 309 g/mol. The first-order valence-corrected chi connectivity index (χ1v) is 6.83. The van der Waals surface area contributed by atoms with Crippen molar-refractivity contribution in [2.45, 2.75) is 32.5 Å². The number of halogens is 3. The molecule has 0 aliphatic rings. The Labute approximate surface area is 131 Å². The lowest BCUT2D eigenvalue weighted by Gasteiger charge is -2.21. The van der Waals surface area contributed by atoms with Crippen molar-refractivity contribution in [2.24, 2.45) is 0 Å². The van der Waals surface area contributed by atoms with E-state index in [-0.39, 0.29) is 17.5 Å². The molecule has 0 aliphatic carbocycles. The Morgan fingerprint density at radius 2 is 1.61 bits per heavy atom. The van der Waals surface area contributed by atoms with Crippen LogP contribution in [0.4, 0.5) is 30.6 Å². The van der Waals surface area contributed by atoms with E-state index in [0.29, 0.717) is 5.69 Å². The maximum Gasteiger partial charge on any atom is 0.433 e. The van der Waals surface area contributed by atoms with E-state index in [1.807, 2.05) is 0 Å². The smallest absolute Gasteiger partial charge is 0.433 e. The molecule has 5 nitrogen and oxygen atoms in total. The molecular formula is C15H17F3N4O. The quantitative estimate of drug-likeness (QED) is 0.739. The Bertz CT molecular complexity index is 679. The molecule has 0 bridgehead atoms. The van der Waals surface area contributed by atoms with Crippen LogP contribution >= 0.6 is 0 Å². The summed E-state index contributed by atoms with van der Waals surface area (Å²) in [5.41, 5.74) is -1.03. The number of alkyl halides is 3. The number of aromatic hydroxyl groups is 1. The predicted molar refractivity (Wildman–Crippen MR) is 81.8 cm³/mol. The van der Waals surface area contributed by atoms with Crippen molar-refractivity contribution >= 4 is 17.5 Å². The number of hydrogen-bond donors (Lipinski definition) is 3. The van der Waals surface area contributed by atoms with Gasteiger partial charge in [-0.2, -0.15) is 18.2 Å². The molecule has 0 spiro atoms. The summed E-state index contributed by atoms with van der Waals surface area (Å²) >= 11 is 0. The molecule has 0 fully saturated rings. The number of hydrogen-bond acceptors (Lipinski definition) is 5. The van der Waals surface area contributed by atoms with Crippen LogP contribution in [0.3, 0.4) is 0 Å². The first-order valence-electron chi connectivity index (χ1n) is 6.83.